The largest absolute Gasteiger partial charge is 0.348 e. The van der Waals surface area contributed by atoms with Gasteiger partial charge in [0, 0.05) is 23.7 Å². The average Bonchev–Trinajstić information content (AvgIpc) is 2.99. The van der Waals surface area contributed by atoms with Crippen molar-refractivity contribution < 1.29 is 18.0 Å². The van der Waals surface area contributed by atoms with Crippen molar-refractivity contribution in [1.82, 2.24) is 4.98 Å². The normalized spacial score (nSPS) is 11.0. The molecule has 0 saturated carbocycles. The number of H-pyrrole nitrogens is 1. The van der Waals surface area contributed by atoms with Gasteiger partial charge >= 0.3 is 0 Å². The summed E-state index contributed by atoms with van der Waals surface area (Å²) in [5.41, 5.74) is 6.36. The maximum absolute atomic E-state index is 13.7. The van der Waals surface area contributed by atoms with Crippen LogP contribution in [0.2, 0.25) is 0 Å². The first-order valence-corrected chi connectivity index (χ1v) is 6.76. The van der Waals surface area contributed by atoms with Gasteiger partial charge in [0.05, 0.1) is 5.52 Å². The molecular weight excluding hydrogens is 307 g/mol. The number of aromatic amines is 1. The molecule has 3 rings (SSSR count). The number of halogens is 3. The first kappa shape index (κ1) is 15.1. The maximum atomic E-state index is 13.7. The summed E-state index contributed by atoms with van der Waals surface area (Å²) in [5.74, 6) is -4.10. The lowest BCUT2D eigenvalue weighted by Crippen LogP contribution is -2.12. The number of nitrogens with two attached hydrogens (primary N) is 1. The number of fused-ring (bicyclic) bond motifs is 1. The van der Waals surface area contributed by atoms with Gasteiger partial charge in [0.25, 0.3) is 5.91 Å². The minimum atomic E-state index is -1.32. The van der Waals surface area contributed by atoms with Gasteiger partial charge in [-0.2, -0.15) is 0 Å². The van der Waals surface area contributed by atoms with E-state index in [9.17, 15) is 18.0 Å². The summed E-state index contributed by atoms with van der Waals surface area (Å²) in [6.45, 7) is 0.311. The Bertz CT molecular complexity index is 905. The molecule has 2 aromatic carbocycles. The number of carbonyl (C=O) groups excluding carboxylic acids is 1. The highest BCUT2D eigenvalue weighted by molar-refractivity contribution is 6.06. The summed E-state index contributed by atoms with van der Waals surface area (Å²) in [6.07, 6.45) is 0. The van der Waals surface area contributed by atoms with Crippen LogP contribution < -0.4 is 11.1 Å². The van der Waals surface area contributed by atoms with Crippen molar-refractivity contribution >= 4 is 22.5 Å². The number of anilines is 1. The Kier molecular flexibility index (Phi) is 3.79. The summed E-state index contributed by atoms with van der Waals surface area (Å²) in [6, 6.07) is 8.43. The van der Waals surface area contributed by atoms with Crippen LogP contribution in [0, 0.1) is 17.5 Å². The first-order valence-electron chi connectivity index (χ1n) is 6.76. The highest BCUT2D eigenvalue weighted by Crippen LogP contribution is 2.24. The summed E-state index contributed by atoms with van der Waals surface area (Å²) in [4.78, 5) is 14.6. The molecule has 0 atom stereocenters. The topological polar surface area (TPSA) is 70.9 Å². The molecule has 23 heavy (non-hydrogen) atoms. The van der Waals surface area contributed by atoms with Crippen LogP contribution in [0.1, 0.15) is 16.1 Å². The van der Waals surface area contributed by atoms with E-state index in [1.807, 2.05) is 0 Å². The van der Waals surface area contributed by atoms with E-state index in [1.165, 1.54) is 0 Å². The van der Waals surface area contributed by atoms with Gasteiger partial charge in [-0.05, 0) is 23.8 Å². The fourth-order valence-corrected chi connectivity index (χ4v) is 2.28. The second-order valence-corrected chi connectivity index (χ2v) is 4.98. The molecule has 0 spiro atoms. The zero-order valence-corrected chi connectivity index (χ0v) is 11.8. The molecule has 1 aromatic heterocycles. The Balaban J connectivity index is 1.95. The van der Waals surface area contributed by atoms with Crippen molar-refractivity contribution in [1.29, 1.82) is 0 Å². The van der Waals surface area contributed by atoms with Crippen molar-refractivity contribution in [2.24, 2.45) is 5.73 Å². The van der Waals surface area contributed by atoms with Crippen molar-refractivity contribution in [3.05, 3.63) is 65.1 Å². The SMILES string of the molecule is NCc1cccc(NC(=O)c2cc3c(F)cc(F)c(F)c3[nH]2)c1. The summed E-state index contributed by atoms with van der Waals surface area (Å²) < 4.78 is 40.5. The molecule has 0 aliphatic rings. The number of hydrogen-bond donors (Lipinski definition) is 3. The number of hydrogen-bond acceptors (Lipinski definition) is 2. The van der Waals surface area contributed by atoms with Crippen LogP contribution in [0.25, 0.3) is 10.9 Å². The molecule has 1 amide bonds. The van der Waals surface area contributed by atoms with Crippen LogP contribution in [-0.4, -0.2) is 10.9 Å². The van der Waals surface area contributed by atoms with Gasteiger partial charge in [-0.3, -0.25) is 4.79 Å². The third-order valence-electron chi connectivity index (χ3n) is 3.42. The molecule has 7 heteroatoms. The minimum absolute atomic E-state index is 0.0819. The second-order valence-electron chi connectivity index (χ2n) is 4.98. The van der Waals surface area contributed by atoms with E-state index in [-0.39, 0.29) is 16.6 Å². The quantitative estimate of drug-likeness (QED) is 0.648. The van der Waals surface area contributed by atoms with E-state index in [0.29, 0.717) is 18.3 Å². The van der Waals surface area contributed by atoms with Crippen LogP contribution >= 0.6 is 0 Å². The van der Waals surface area contributed by atoms with Gasteiger partial charge in [-0.15, -0.1) is 0 Å². The van der Waals surface area contributed by atoms with Crippen molar-refractivity contribution in [2.75, 3.05) is 5.32 Å². The molecular formula is C16H12F3N3O. The number of aromatic nitrogens is 1. The zero-order chi connectivity index (χ0) is 16.6. The predicted molar refractivity (Wildman–Crippen MR) is 80.5 cm³/mol. The smallest absolute Gasteiger partial charge is 0.272 e. The van der Waals surface area contributed by atoms with E-state index < -0.39 is 23.4 Å². The molecule has 0 fully saturated rings. The molecule has 0 aliphatic carbocycles. The van der Waals surface area contributed by atoms with Crippen LogP contribution in [-0.2, 0) is 6.54 Å². The van der Waals surface area contributed by atoms with Gasteiger partial charge in [0.2, 0.25) is 0 Å². The van der Waals surface area contributed by atoms with E-state index in [1.54, 1.807) is 24.3 Å². The zero-order valence-electron chi connectivity index (χ0n) is 11.8. The standard InChI is InChI=1S/C16H12F3N3O/c17-11-6-12(18)14(19)15-10(11)5-13(22-15)16(23)21-9-3-1-2-8(4-9)7-20/h1-6,22H,7,20H2,(H,21,23). The Labute approximate surface area is 129 Å². The van der Waals surface area contributed by atoms with Crippen LogP contribution in [0.3, 0.4) is 0 Å². The van der Waals surface area contributed by atoms with E-state index >= 15 is 0 Å². The van der Waals surface area contributed by atoms with E-state index in [2.05, 4.69) is 10.3 Å². The molecule has 0 radical (unpaired) electrons. The number of nitrogens with one attached hydrogen (secondary N) is 2. The molecule has 3 aromatic rings. The highest BCUT2D eigenvalue weighted by Gasteiger charge is 2.18. The number of carbonyl (C=O) groups is 1. The average molecular weight is 319 g/mol. The van der Waals surface area contributed by atoms with Gasteiger partial charge in [-0.1, -0.05) is 12.1 Å². The lowest BCUT2D eigenvalue weighted by molar-refractivity contribution is 0.102. The number of rotatable bonds is 3. The summed E-state index contributed by atoms with van der Waals surface area (Å²) in [7, 11) is 0. The highest BCUT2D eigenvalue weighted by atomic mass is 19.2. The Morgan fingerprint density at radius 3 is 2.65 bits per heavy atom. The fraction of sp³-hybridized carbons (Fsp3) is 0.0625. The van der Waals surface area contributed by atoms with Gasteiger partial charge in [0.15, 0.2) is 11.6 Å². The first-order chi connectivity index (χ1) is 11.0. The maximum Gasteiger partial charge on any atom is 0.272 e. The fourth-order valence-electron chi connectivity index (χ4n) is 2.28. The second kappa shape index (κ2) is 5.77. The van der Waals surface area contributed by atoms with Crippen LogP contribution in [0.5, 0.6) is 0 Å². The lowest BCUT2D eigenvalue weighted by atomic mass is 10.2. The van der Waals surface area contributed by atoms with E-state index in [4.69, 9.17) is 5.73 Å². The molecule has 0 saturated heterocycles. The third kappa shape index (κ3) is 2.78. The molecule has 0 aliphatic heterocycles. The molecule has 118 valence electrons. The molecule has 1 heterocycles. The number of benzene rings is 2. The van der Waals surface area contributed by atoms with Gasteiger partial charge in [0.1, 0.15) is 11.5 Å². The van der Waals surface area contributed by atoms with Crippen molar-refractivity contribution in [2.45, 2.75) is 6.54 Å². The minimum Gasteiger partial charge on any atom is -0.348 e. The summed E-state index contributed by atoms with van der Waals surface area (Å²) in [5, 5.41) is 2.39. The van der Waals surface area contributed by atoms with Crippen molar-refractivity contribution in [3.63, 3.8) is 0 Å². The Morgan fingerprint density at radius 2 is 1.91 bits per heavy atom. The molecule has 4 nitrogen and oxygen atoms in total. The van der Waals surface area contributed by atoms with Crippen LogP contribution in [0.4, 0.5) is 18.9 Å². The van der Waals surface area contributed by atoms with Gasteiger partial charge in [-0.25, -0.2) is 13.2 Å². The third-order valence-corrected chi connectivity index (χ3v) is 3.42. The van der Waals surface area contributed by atoms with Crippen LogP contribution in [0.15, 0.2) is 36.4 Å². The molecule has 0 unspecified atom stereocenters. The lowest BCUT2D eigenvalue weighted by Gasteiger charge is -2.05. The Hall–Kier alpha value is -2.80. The summed E-state index contributed by atoms with van der Waals surface area (Å²) >= 11 is 0. The van der Waals surface area contributed by atoms with Gasteiger partial charge < -0.3 is 16.0 Å². The van der Waals surface area contributed by atoms with Crippen molar-refractivity contribution in [3.8, 4) is 0 Å². The number of amides is 1. The van der Waals surface area contributed by atoms with E-state index in [0.717, 1.165) is 11.6 Å². The predicted octanol–water partition coefficient (Wildman–Crippen LogP) is 3.30. The molecule has 0 bridgehead atoms. The monoisotopic (exact) mass is 319 g/mol. The Morgan fingerprint density at radius 1 is 1.13 bits per heavy atom. The molecule has 4 N–H and O–H groups in total.